The van der Waals surface area contributed by atoms with Gasteiger partial charge in [-0.25, -0.2) is 4.98 Å². The Balaban J connectivity index is 2.08. The zero-order chi connectivity index (χ0) is 12.3. The van der Waals surface area contributed by atoms with Crippen LogP contribution < -0.4 is 0 Å². The molecule has 2 rings (SSSR count). The van der Waals surface area contributed by atoms with E-state index in [2.05, 4.69) is 4.98 Å². The van der Waals surface area contributed by atoms with Crippen molar-refractivity contribution in [1.29, 1.82) is 0 Å². The number of thiazole rings is 1. The van der Waals surface area contributed by atoms with Gasteiger partial charge in [-0.1, -0.05) is 29.8 Å². The summed E-state index contributed by atoms with van der Waals surface area (Å²) in [7, 11) is -1.07. The molecule has 90 valence electrons. The van der Waals surface area contributed by atoms with Crippen molar-refractivity contribution in [3.8, 4) is 0 Å². The van der Waals surface area contributed by atoms with Gasteiger partial charge < -0.3 is 0 Å². The third-order valence-electron chi connectivity index (χ3n) is 2.28. The van der Waals surface area contributed by atoms with Gasteiger partial charge in [0.15, 0.2) is 4.34 Å². The van der Waals surface area contributed by atoms with E-state index in [0.29, 0.717) is 16.0 Å². The van der Waals surface area contributed by atoms with Crippen molar-refractivity contribution >= 4 is 33.7 Å². The largest absolute Gasteiger partial charge is 0.252 e. The van der Waals surface area contributed by atoms with Crippen molar-refractivity contribution in [1.82, 2.24) is 4.98 Å². The highest BCUT2D eigenvalue weighted by Crippen LogP contribution is 2.20. The molecular formula is C12H12ClNOS2. The predicted molar refractivity (Wildman–Crippen MR) is 73.0 cm³/mol. The summed E-state index contributed by atoms with van der Waals surface area (Å²) in [6.07, 6.45) is 1.69. The first-order valence-electron chi connectivity index (χ1n) is 5.13. The molecule has 1 aromatic carbocycles. The molecule has 17 heavy (non-hydrogen) atoms. The smallest absolute Gasteiger partial charge is 0.181 e. The number of alkyl halides is 1. The van der Waals surface area contributed by atoms with Crippen molar-refractivity contribution in [3.05, 3.63) is 46.5 Å². The van der Waals surface area contributed by atoms with Gasteiger partial charge in [0.25, 0.3) is 0 Å². The molecule has 1 unspecified atom stereocenters. The van der Waals surface area contributed by atoms with Crippen LogP contribution in [0.15, 0.2) is 34.8 Å². The topological polar surface area (TPSA) is 30.0 Å². The molecule has 0 fully saturated rings. The fourth-order valence-electron chi connectivity index (χ4n) is 1.35. The van der Waals surface area contributed by atoms with Gasteiger partial charge in [0, 0.05) is 11.1 Å². The highest BCUT2D eigenvalue weighted by Gasteiger charge is 2.09. The predicted octanol–water partition coefficient (Wildman–Crippen LogP) is 3.50. The lowest BCUT2D eigenvalue weighted by Crippen LogP contribution is -1.95. The summed E-state index contributed by atoms with van der Waals surface area (Å²) in [5, 5.41) is 0. The lowest BCUT2D eigenvalue weighted by atomic mass is 10.2. The molecule has 2 aromatic rings. The third-order valence-corrected chi connectivity index (χ3v) is 5.41. The number of halogens is 1. The number of aryl methyl sites for hydroxylation is 1. The number of benzene rings is 1. The molecule has 0 radical (unpaired) electrons. The molecule has 0 spiro atoms. The average Bonchev–Trinajstić information content (AvgIpc) is 2.81. The van der Waals surface area contributed by atoms with Crippen molar-refractivity contribution in [2.24, 2.45) is 0 Å². The fraction of sp³-hybridized carbons (Fsp3) is 0.250. The van der Waals surface area contributed by atoms with Crippen molar-refractivity contribution in [2.45, 2.75) is 22.9 Å². The maximum Gasteiger partial charge on any atom is 0.181 e. The zero-order valence-corrected chi connectivity index (χ0v) is 11.7. The van der Waals surface area contributed by atoms with Crippen molar-refractivity contribution < 1.29 is 4.21 Å². The second-order valence-corrected chi connectivity index (χ2v) is 6.71. The number of rotatable bonds is 4. The Morgan fingerprint density at radius 3 is 2.65 bits per heavy atom. The molecule has 0 bridgehead atoms. The van der Waals surface area contributed by atoms with E-state index in [4.69, 9.17) is 11.6 Å². The van der Waals surface area contributed by atoms with Crippen LogP contribution >= 0.6 is 22.9 Å². The van der Waals surface area contributed by atoms with Crippen LogP contribution in [0.1, 0.15) is 16.0 Å². The summed E-state index contributed by atoms with van der Waals surface area (Å²) in [6.45, 7) is 2.04. The van der Waals surface area contributed by atoms with E-state index >= 15 is 0 Å². The highest BCUT2D eigenvalue weighted by atomic mass is 35.5. The number of hydrogen-bond donors (Lipinski definition) is 0. The quantitative estimate of drug-likeness (QED) is 0.805. The maximum atomic E-state index is 12.0. The Hall–Kier alpha value is -0.710. The fourth-order valence-corrected chi connectivity index (χ4v) is 3.73. The molecule has 0 N–H and O–H groups in total. The standard InChI is InChI=1S/C12H12ClNOS2/c1-9-2-4-10(5-3-9)8-17(15)12-14-7-11(6-13)16-12/h2-5,7H,6,8H2,1H3. The summed E-state index contributed by atoms with van der Waals surface area (Å²) >= 11 is 7.11. The molecule has 0 amide bonds. The molecule has 0 saturated heterocycles. The van der Waals surface area contributed by atoms with Gasteiger partial charge in [-0.15, -0.1) is 22.9 Å². The molecule has 2 nitrogen and oxygen atoms in total. The number of aromatic nitrogens is 1. The zero-order valence-electron chi connectivity index (χ0n) is 9.35. The Morgan fingerprint density at radius 2 is 2.06 bits per heavy atom. The second-order valence-electron chi connectivity index (χ2n) is 3.70. The van der Waals surface area contributed by atoms with Gasteiger partial charge in [0.1, 0.15) is 0 Å². The van der Waals surface area contributed by atoms with Crippen LogP contribution in [0.3, 0.4) is 0 Å². The van der Waals surface area contributed by atoms with Gasteiger partial charge in [0.05, 0.1) is 22.4 Å². The van der Waals surface area contributed by atoms with E-state index in [0.717, 1.165) is 10.4 Å². The van der Waals surface area contributed by atoms with Crippen LogP contribution in [-0.4, -0.2) is 9.19 Å². The van der Waals surface area contributed by atoms with Crippen LogP contribution in [0.2, 0.25) is 0 Å². The van der Waals surface area contributed by atoms with E-state index in [-0.39, 0.29) is 0 Å². The van der Waals surface area contributed by atoms with E-state index in [9.17, 15) is 4.21 Å². The summed E-state index contributed by atoms with van der Waals surface area (Å²) in [5.41, 5.74) is 2.27. The molecular weight excluding hydrogens is 274 g/mol. The first-order chi connectivity index (χ1) is 8.19. The van der Waals surface area contributed by atoms with Crippen LogP contribution in [-0.2, 0) is 22.4 Å². The van der Waals surface area contributed by atoms with Gasteiger partial charge >= 0.3 is 0 Å². The highest BCUT2D eigenvalue weighted by molar-refractivity contribution is 7.86. The Morgan fingerprint density at radius 1 is 1.35 bits per heavy atom. The van der Waals surface area contributed by atoms with Crippen LogP contribution in [0, 0.1) is 6.92 Å². The van der Waals surface area contributed by atoms with Gasteiger partial charge in [-0.2, -0.15) is 0 Å². The summed E-state index contributed by atoms with van der Waals surface area (Å²) in [6, 6.07) is 8.06. The van der Waals surface area contributed by atoms with Gasteiger partial charge in [-0.3, -0.25) is 4.21 Å². The van der Waals surface area contributed by atoms with Crippen molar-refractivity contribution in [2.75, 3.05) is 0 Å². The summed E-state index contributed by atoms with van der Waals surface area (Å²) in [5.74, 6) is 0.939. The van der Waals surface area contributed by atoms with Crippen LogP contribution in [0.4, 0.5) is 0 Å². The SMILES string of the molecule is Cc1ccc(CS(=O)c2ncc(CCl)s2)cc1. The van der Waals surface area contributed by atoms with Crippen LogP contribution in [0.25, 0.3) is 0 Å². The molecule has 0 aliphatic heterocycles. The summed E-state index contributed by atoms with van der Waals surface area (Å²) in [4.78, 5) is 5.09. The summed E-state index contributed by atoms with van der Waals surface area (Å²) < 4.78 is 12.7. The molecule has 5 heteroatoms. The minimum Gasteiger partial charge on any atom is -0.252 e. The molecule has 0 aliphatic rings. The monoisotopic (exact) mass is 285 g/mol. The molecule has 1 atom stereocenters. The molecule has 0 saturated carbocycles. The first kappa shape index (κ1) is 12.7. The first-order valence-corrected chi connectivity index (χ1v) is 7.80. The molecule has 1 heterocycles. The van der Waals surface area contributed by atoms with E-state index in [1.165, 1.54) is 16.9 Å². The number of nitrogens with zero attached hydrogens (tertiary/aromatic N) is 1. The van der Waals surface area contributed by atoms with E-state index in [1.807, 2.05) is 31.2 Å². The lowest BCUT2D eigenvalue weighted by molar-refractivity contribution is 0.682. The Labute approximate surface area is 112 Å². The maximum absolute atomic E-state index is 12.0. The minimum absolute atomic E-state index is 0.430. The van der Waals surface area contributed by atoms with Crippen LogP contribution in [0.5, 0.6) is 0 Å². The average molecular weight is 286 g/mol. The van der Waals surface area contributed by atoms with E-state index < -0.39 is 10.8 Å². The normalized spacial score (nSPS) is 12.6. The van der Waals surface area contributed by atoms with Gasteiger partial charge in [-0.05, 0) is 12.5 Å². The van der Waals surface area contributed by atoms with E-state index in [1.54, 1.807) is 6.20 Å². The Kier molecular flexibility index (Phi) is 4.31. The molecule has 0 aliphatic carbocycles. The number of hydrogen-bond acceptors (Lipinski definition) is 3. The lowest BCUT2D eigenvalue weighted by Gasteiger charge is -2.00. The minimum atomic E-state index is -1.07. The molecule has 1 aromatic heterocycles. The third kappa shape index (κ3) is 3.37. The van der Waals surface area contributed by atoms with Gasteiger partial charge in [0.2, 0.25) is 0 Å². The Bertz CT molecular complexity index is 522. The van der Waals surface area contributed by atoms with Crippen molar-refractivity contribution in [3.63, 3.8) is 0 Å². The second kappa shape index (κ2) is 5.76.